The second-order valence-corrected chi connectivity index (χ2v) is 5.64. The van der Waals surface area contributed by atoms with Crippen LogP contribution in [0.25, 0.3) is 0 Å². The number of halogens is 1. The lowest BCUT2D eigenvalue weighted by Crippen LogP contribution is -2.41. The molecule has 0 amide bonds. The van der Waals surface area contributed by atoms with E-state index >= 15 is 0 Å². The Morgan fingerprint density at radius 2 is 2.35 bits per heavy atom. The molecule has 0 spiro atoms. The van der Waals surface area contributed by atoms with Crippen LogP contribution in [0.15, 0.2) is 5.16 Å². The van der Waals surface area contributed by atoms with Gasteiger partial charge in [0.1, 0.15) is 5.84 Å². The van der Waals surface area contributed by atoms with Gasteiger partial charge < -0.3 is 10.9 Å². The van der Waals surface area contributed by atoms with Crippen molar-refractivity contribution in [1.82, 2.24) is 14.7 Å². The minimum atomic E-state index is 0.117. The lowest BCUT2D eigenvalue weighted by molar-refractivity contribution is 0.188. The molecular weight excluding hydrogens is 278 g/mol. The second kappa shape index (κ2) is 6.45. The van der Waals surface area contributed by atoms with Crippen molar-refractivity contribution in [2.45, 2.75) is 39.8 Å². The maximum atomic E-state index is 8.80. The number of oxime groups is 1. The summed E-state index contributed by atoms with van der Waals surface area (Å²) in [6.45, 7) is 7.33. The Kier molecular flexibility index (Phi) is 4.88. The minimum absolute atomic E-state index is 0.117. The van der Waals surface area contributed by atoms with Crippen molar-refractivity contribution in [3.63, 3.8) is 0 Å². The first-order chi connectivity index (χ1) is 9.56. The number of hydrogen-bond acceptors (Lipinski definition) is 4. The highest BCUT2D eigenvalue weighted by Gasteiger charge is 2.25. The van der Waals surface area contributed by atoms with E-state index < -0.39 is 0 Å². The van der Waals surface area contributed by atoms with Gasteiger partial charge in [-0.15, -0.1) is 0 Å². The van der Waals surface area contributed by atoms with E-state index in [1.165, 1.54) is 0 Å². The van der Waals surface area contributed by atoms with Crippen LogP contribution in [0.3, 0.4) is 0 Å². The zero-order chi connectivity index (χ0) is 14.7. The highest BCUT2D eigenvalue weighted by molar-refractivity contribution is 6.31. The summed E-state index contributed by atoms with van der Waals surface area (Å²) in [5, 5.41) is 17.1. The molecule has 6 nitrogen and oxygen atoms in total. The molecule has 0 bridgehead atoms. The Morgan fingerprint density at radius 1 is 1.60 bits per heavy atom. The average molecular weight is 300 g/mol. The predicted octanol–water partition coefficient (Wildman–Crippen LogP) is 1.82. The molecule has 1 unspecified atom stereocenters. The molecular formula is C13H22ClN5O. The van der Waals surface area contributed by atoms with Gasteiger partial charge in [0, 0.05) is 25.6 Å². The number of amidine groups is 1. The quantitative estimate of drug-likeness (QED) is 0.385. The molecule has 3 N–H and O–H groups in total. The number of aryl methyl sites for hydroxylation is 2. The number of hydrogen-bond donors (Lipinski definition) is 2. The number of nitrogens with two attached hydrogens (primary N) is 1. The number of likely N-dealkylation sites (tertiary alicyclic amines) is 1. The van der Waals surface area contributed by atoms with Crippen molar-refractivity contribution in [1.29, 1.82) is 0 Å². The highest BCUT2D eigenvalue weighted by Crippen LogP contribution is 2.24. The highest BCUT2D eigenvalue weighted by atomic mass is 35.5. The molecule has 0 saturated carbocycles. The molecule has 7 heteroatoms. The van der Waals surface area contributed by atoms with Gasteiger partial charge in [-0.1, -0.05) is 16.8 Å². The molecule has 0 aromatic carbocycles. The van der Waals surface area contributed by atoms with Crippen LogP contribution in [0.5, 0.6) is 0 Å². The molecule has 112 valence electrons. The molecule has 2 heterocycles. The largest absolute Gasteiger partial charge is 0.409 e. The van der Waals surface area contributed by atoms with Crippen LogP contribution in [0.2, 0.25) is 5.02 Å². The first-order valence-electron chi connectivity index (χ1n) is 6.98. The molecule has 1 aliphatic rings. The van der Waals surface area contributed by atoms with Crippen molar-refractivity contribution >= 4 is 17.4 Å². The summed E-state index contributed by atoms with van der Waals surface area (Å²) in [7, 11) is 0. The number of nitrogens with zero attached hydrogens (tertiary/aromatic N) is 4. The third kappa shape index (κ3) is 3.07. The van der Waals surface area contributed by atoms with Gasteiger partial charge >= 0.3 is 0 Å². The van der Waals surface area contributed by atoms with Crippen molar-refractivity contribution in [3.05, 3.63) is 16.4 Å². The summed E-state index contributed by atoms with van der Waals surface area (Å²) in [5.74, 6) is 0.438. The standard InChI is InChI=1S/C13H22ClN5O/c1-3-19-11(12(14)9(2)16-19)8-18-6-4-5-10(7-18)13(15)17-20/h10,20H,3-8H2,1-2H3,(H2,15,17). The monoisotopic (exact) mass is 299 g/mol. The van der Waals surface area contributed by atoms with Gasteiger partial charge in [0.05, 0.1) is 16.4 Å². The van der Waals surface area contributed by atoms with Crippen molar-refractivity contribution in [2.24, 2.45) is 16.8 Å². The van der Waals surface area contributed by atoms with Crippen molar-refractivity contribution in [3.8, 4) is 0 Å². The van der Waals surface area contributed by atoms with Gasteiger partial charge in [0.25, 0.3) is 0 Å². The average Bonchev–Trinajstić information content (AvgIpc) is 2.74. The summed E-state index contributed by atoms with van der Waals surface area (Å²) in [5.41, 5.74) is 7.64. The Balaban J connectivity index is 2.10. The van der Waals surface area contributed by atoms with Gasteiger partial charge in [0.2, 0.25) is 0 Å². The minimum Gasteiger partial charge on any atom is -0.409 e. The maximum absolute atomic E-state index is 8.80. The second-order valence-electron chi connectivity index (χ2n) is 5.26. The fraction of sp³-hybridized carbons (Fsp3) is 0.692. The van der Waals surface area contributed by atoms with Crippen LogP contribution < -0.4 is 5.73 Å². The summed E-state index contributed by atoms with van der Waals surface area (Å²) in [6.07, 6.45) is 2.00. The molecule has 1 fully saturated rings. The van der Waals surface area contributed by atoms with E-state index in [4.69, 9.17) is 22.5 Å². The summed E-state index contributed by atoms with van der Waals surface area (Å²) >= 11 is 6.34. The van der Waals surface area contributed by atoms with E-state index in [9.17, 15) is 0 Å². The molecule has 0 aliphatic carbocycles. The fourth-order valence-corrected chi connectivity index (χ4v) is 2.95. The summed E-state index contributed by atoms with van der Waals surface area (Å²) in [4.78, 5) is 2.29. The zero-order valence-corrected chi connectivity index (χ0v) is 12.8. The maximum Gasteiger partial charge on any atom is 0.143 e. The van der Waals surface area contributed by atoms with Crippen LogP contribution in [-0.2, 0) is 13.1 Å². The lowest BCUT2D eigenvalue weighted by atomic mass is 9.97. The van der Waals surface area contributed by atoms with Crippen LogP contribution in [-0.4, -0.2) is 38.8 Å². The van der Waals surface area contributed by atoms with Crippen LogP contribution in [0, 0.1) is 12.8 Å². The number of rotatable bonds is 4. The van der Waals surface area contributed by atoms with E-state index in [1.54, 1.807) is 0 Å². The fourth-order valence-electron chi connectivity index (χ4n) is 2.75. The van der Waals surface area contributed by atoms with E-state index in [-0.39, 0.29) is 5.92 Å². The Labute approximate surface area is 124 Å². The Bertz CT molecular complexity index is 499. The lowest BCUT2D eigenvalue weighted by Gasteiger charge is -2.32. The Morgan fingerprint density at radius 3 is 3.00 bits per heavy atom. The molecule has 0 radical (unpaired) electrons. The van der Waals surface area contributed by atoms with Crippen LogP contribution in [0.4, 0.5) is 0 Å². The first-order valence-corrected chi connectivity index (χ1v) is 7.36. The van der Waals surface area contributed by atoms with Gasteiger partial charge in [-0.05, 0) is 33.2 Å². The van der Waals surface area contributed by atoms with Crippen LogP contribution in [0.1, 0.15) is 31.2 Å². The Hall–Kier alpha value is -1.27. The molecule has 2 rings (SSSR count). The van der Waals surface area contributed by atoms with Crippen LogP contribution >= 0.6 is 11.6 Å². The summed E-state index contributed by atoms with van der Waals surface area (Å²) in [6, 6.07) is 0. The van der Waals surface area contributed by atoms with Gasteiger partial charge in [-0.2, -0.15) is 5.10 Å². The molecule has 1 saturated heterocycles. The van der Waals surface area contributed by atoms with Gasteiger partial charge in [-0.25, -0.2) is 0 Å². The van der Waals surface area contributed by atoms with Crippen molar-refractivity contribution in [2.75, 3.05) is 13.1 Å². The van der Waals surface area contributed by atoms with Gasteiger partial charge in [-0.3, -0.25) is 9.58 Å². The first kappa shape index (κ1) is 15.1. The smallest absolute Gasteiger partial charge is 0.143 e. The van der Waals surface area contributed by atoms with Gasteiger partial charge in [0.15, 0.2) is 0 Å². The van der Waals surface area contributed by atoms with E-state index in [1.807, 2.05) is 11.6 Å². The molecule has 1 aliphatic heterocycles. The number of aromatic nitrogens is 2. The van der Waals surface area contributed by atoms with E-state index in [2.05, 4.69) is 22.1 Å². The molecule has 1 aromatic heterocycles. The third-order valence-electron chi connectivity index (χ3n) is 3.87. The zero-order valence-electron chi connectivity index (χ0n) is 12.0. The molecule has 1 atom stereocenters. The predicted molar refractivity (Wildman–Crippen MR) is 79.1 cm³/mol. The SMILES string of the molecule is CCn1nc(C)c(Cl)c1CN1CCCC(C(N)=NO)C1. The molecule has 20 heavy (non-hydrogen) atoms. The van der Waals surface area contributed by atoms with E-state index in [0.717, 1.165) is 55.4 Å². The number of piperidine rings is 1. The summed E-state index contributed by atoms with van der Waals surface area (Å²) < 4.78 is 1.95. The normalized spacial score (nSPS) is 21.4. The van der Waals surface area contributed by atoms with E-state index in [0.29, 0.717) is 5.84 Å². The van der Waals surface area contributed by atoms with Crippen molar-refractivity contribution < 1.29 is 5.21 Å². The third-order valence-corrected chi connectivity index (χ3v) is 4.36. The molecule has 1 aromatic rings. The topological polar surface area (TPSA) is 79.7 Å².